The normalized spacial score (nSPS) is 12.0. The summed E-state index contributed by atoms with van der Waals surface area (Å²) < 4.78 is 0. The van der Waals surface area contributed by atoms with Crippen LogP contribution in [0.4, 0.5) is 0 Å². The molecule has 0 bridgehead atoms. The van der Waals surface area contributed by atoms with Gasteiger partial charge in [-0.15, -0.1) is 6.58 Å². The lowest BCUT2D eigenvalue weighted by Gasteiger charge is -1.93. The second kappa shape index (κ2) is 6.59. The summed E-state index contributed by atoms with van der Waals surface area (Å²) in [5, 5.41) is 0. The van der Waals surface area contributed by atoms with E-state index in [1.165, 1.54) is 5.57 Å². The van der Waals surface area contributed by atoms with Gasteiger partial charge in [-0.25, -0.2) is 0 Å². The molecule has 0 spiro atoms. The van der Waals surface area contributed by atoms with E-state index >= 15 is 0 Å². The van der Waals surface area contributed by atoms with Crippen LogP contribution in [-0.2, 0) is 4.79 Å². The van der Waals surface area contributed by atoms with Gasteiger partial charge < -0.3 is 0 Å². The molecule has 1 nitrogen and oxygen atoms in total. The van der Waals surface area contributed by atoms with Gasteiger partial charge in [-0.2, -0.15) is 0 Å². The number of allylic oxidation sites excluding steroid dienone is 5. The molecule has 0 atom stereocenters. The Morgan fingerprint density at radius 3 is 2.58 bits per heavy atom. The minimum atomic E-state index is 0.0859. The van der Waals surface area contributed by atoms with Gasteiger partial charge in [-0.05, 0) is 32.8 Å². The zero-order chi connectivity index (χ0) is 9.40. The molecule has 0 amide bonds. The Kier molecular flexibility index (Phi) is 5.98. The first kappa shape index (κ1) is 10.9. The Balaban J connectivity index is 3.82. The summed E-state index contributed by atoms with van der Waals surface area (Å²) in [4.78, 5) is 10.5. The number of rotatable bonds is 5. The van der Waals surface area contributed by atoms with Crippen LogP contribution in [0.5, 0.6) is 0 Å². The highest BCUT2D eigenvalue weighted by molar-refractivity contribution is 5.87. The van der Waals surface area contributed by atoms with Gasteiger partial charge in [0.1, 0.15) is 0 Å². The average molecular weight is 164 g/mol. The molecule has 0 aromatic carbocycles. The Morgan fingerprint density at radius 2 is 2.08 bits per heavy atom. The molecular formula is C11H16O. The first-order valence-corrected chi connectivity index (χ1v) is 4.12. The van der Waals surface area contributed by atoms with Crippen LogP contribution in [0.25, 0.3) is 0 Å². The van der Waals surface area contributed by atoms with E-state index in [0.29, 0.717) is 0 Å². The highest BCUT2D eigenvalue weighted by Gasteiger charge is 1.85. The van der Waals surface area contributed by atoms with Crippen molar-refractivity contribution in [1.82, 2.24) is 0 Å². The van der Waals surface area contributed by atoms with Crippen LogP contribution in [0.1, 0.15) is 26.7 Å². The van der Waals surface area contributed by atoms with E-state index in [-0.39, 0.29) is 5.78 Å². The SMILES string of the molecule is C=CCC/C(C)=C\C=C\C(C)=O. The highest BCUT2D eigenvalue weighted by atomic mass is 16.1. The summed E-state index contributed by atoms with van der Waals surface area (Å²) in [6, 6.07) is 0. The van der Waals surface area contributed by atoms with Crippen molar-refractivity contribution in [2.24, 2.45) is 0 Å². The second-order valence-corrected chi connectivity index (χ2v) is 2.81. The van der Waals surface area contributed by atoms with Crippen molar-refractivity contribution in [2.75, 3.05) is 0 Å². The number of hydrogen-bond donors (Lipinski definition) is 0. The minimum absolute atomic E-state index is 0.0859. The summed E-state index contributed by atoms with van der Waals surface area (Å²) in [6.07, 6.45) is 9.23. The summed E-state index contributed by atoms with van der Waals surface area (Å²) in [7, 11) is 0. The maximum Gasteiger partial charge on any atom is 0.152 e. The Bertz CT molecular complexity index is 209. The maximum absolute atomic E-state index is 10.5. The van der Waals surface area contributed by atoms with Gasteiger partial charge in [0.05, 0.1) is 0 Å². The van der Waals surface area contributed by atoms with E-state index in [9.17, 15) is 4.79 Å². The van der Waals surface area contributed by atoms with Crippen molar-refractivity contribution in [2.45, 2.75) is 26.7 Å². The smallest absolute Gasteiger partial charge is 0.152 e. The fraction of sp³-hybridized carbons (Fsp3) is 0.364. The third kappa shape index (κ3) is 7.00. The van der Waals surface area contributed by atoms with E-state index in [4.69, 9.17) is 0 Å². The lowest BCUT2D eigenvalue weighted by atomic mass is 10.1. The fourth-order valence-corrected chi connectivity index (χ4v) is 0.761. The van der Waals surface area contributed by atoms with Crippen LogP contribution >= 0.6 is 0 Å². The second-order valence-electron chi connectivity index (χ2n) is 2.81. The lowest BCUT2D eigenvalue weighted by molar-refractivity contribution is -0.112. The molecule has 0 N–H and O–H groups in total. The molecule has 12 heavy (non-hydrogen) atoms. The van der Waals surface area contributed by atoms with Crippen molar-refractivity contribution < 1.29 is 4.79 Å². The molecular weight excluding hydrogens is 148 g/mol. The van der Waals surface area contributed by atoms with Gasteiger partial charge in [0.15, 0.2) is 5.78 Å². The molecule has 0 aliphatic heterocycles. The molecule has 66 valence electrons. The molecule has 0 radical (unpaired) electrons. The number of hydrogen-bond acceptors (Lipinski definition) is 1. The molecule has 0 saturated heterocycles. The lowest BCUT2D eigenvalue weighted by Crippen LogP contribution is -1.79. The zero-order valence-electron chi connectivity index (χ0n) is 7.84. The van der Waals surface area contributed by atoms with Gasteiger partial charge in [-0.1, -0.05) is 23.8 Å². The number of carbonyl (C=O) groups is 1. The third-order valence-corrected chi connectivity index (χ3v) is 1.45. The number of carbonyl (C=O) groups excluding carboxylic acids is 1. The molecule has 1 heteroatoms. The third-order valence-electron chi connectivity index (χ3n) is 1.45. The number of ketones is 1. The van der Waals surface area contributed by atoms with Crippen molar-refractivity contribution in [3.05, 3.63) is 36.5 Å². The van der Waals surface area contributed by atoms with Crippen LogP contribution in [0, 0.1) is 0 Å². The molecule has 0 fully saturated rings. The van der Waals surface area contributed by atoms with E-state index in [2.05, 4.69) is 6.58 Å². The summed E-state index contributed by atoms with van der Waals surface area (Å²) in [5.41, 5.74) is 1.27. The topological polar surface area (TPSA) is 17.1 Å². The average Bonchev–Trinajstić information content (AvgIpc) is 2.00. The molecule has 0 heterocycles. The van der Waals surface area contributed by atoms with Crippen molar-refractivity contribution in [1.29, 1.82) is 0 Å². The van der Waals surface area contributed by atoms with Crippen LogP contribution in [0.2, 0.25) is 0 Å². The zero-order valence-corrected chi connectivity index (χ0v) is 7.84. The minimum Gasteiger partial charge on any atom is -0.295 e. The fourth-order valence-electron chi connectivity index (χ4n) is 0.761. The largest absolute Gasteiger partial charge is 0.295 e. The molecule has 0 rings (SSSR count). The molecule has 0 aliphatic rings. The molecule has 0 aliphatic carbocycles. The van der Waals surface area contributed by atoms with Crippen LogP contribution < -0.4 is 0 Å². The molecule has 0 saturated carbocycles. The first-order valence-electron chi connectivity index (χ1n) is 4.12. The van der Waals surface area contributed by atoms with Crippen molar-refractivity contribution >= 4 is 5.78 Å². The highest BCUT2D eigenvalue weighted by Crippen LogP contribution is 2.03. The van der Waals surface area contributed by atoms with Crippen LogP contribution in [-0.4, -0.2) is 5.78 Å². The predicted octanol–water partition coefficient (Wildman–Crippen LogP) is 3.04. The Labute approximate surface area is 74.5 Å². The van der Waals surface area contributed by atoms with Crippen molar-refractivity contribution in [3.8, 4) is 0 Å². The van der Waals surface area contributed by atoms with Gasteiger partial charge in [0.2, 0.25) is 0 Å². The van der Waals surface area contributed by atoms with E-state index < -0.39 is 0 Å². The predicted molar refractivity (Wildman–Crippen MR) is 53.0 cm³/mol. The Hall–Kier alpha value is -1.11. The Morgan fingerprint density at radius 1 is 1.42 bits per heavy atom. The molecule has 0 aromatic heterocycles. The standard InChI is InChI=1S/C11H16O/c1-4-5-7-10(2)8-6-9-11(3)12/h4,6,8-9H,1,5,7H2,2-3H3/b9-6+,10-8-. The quantitative estimate of drug-likeness (QED) is 0.347. The van der Waals surface area contributed by atoms with Gasteiger partial charge in [-0.3, -0.25) is 4.79 Å². The van der Waals surface area contributed by atoms with E-state index in [0.717, 1.165) is 12.8 Å². The van der Waals surface area contributed by atoms with Gasteiger partial charge >= 0.3 is 0 Å². The maximum atomic E-state index is 10.5. The van der Waals surface area contributed by atoms with Crippen LogP contribution in [0.15, 0.2) is 36.5 Å². The molecule has 0 aromatic rings. The van der Waals surface area contributed by atoms with Gasteiger partial charge in [0, 0.05) is 0 Å². The van der Waals surface area contributed by atoms with Crippen molar-refractivity contribution in [3.63, 3.8) is 0 Å². The van der Waals surface area contributed by atoms with E-state index in [1.807, 2.05) is 19.1 Å². The first-order chi connectivity index (χ1) is 5.66. The van der Waals surface area contributed by atoms with Crippen LogP contribution in [0.3, 0.4) is 0 Å². The summed E-state index contributed by atoms with van der Waals surface area (Å²) in [5.74, 6) is 0.0859. The van der Waals surface area contributed by atoms with Gasteiger partial charge in [0.25, 0.3) is 0 Å². The molecule has 0 unspecified atom stereocenters. The monoisotopic (exact) mass is 164 g/mol. The summed E-state index contributed by atoms with van der Waals surface area (Å²) >= 11 is 0. The van der Waals surface area contributed by atoms with E-state index in [1.54, 1.807) is 19.1 Å². The summed E-state index contributed by atoms with van der Waals surface area (Å²) in [6.45, 7) is 7.24.